The number of piperidine rings is 1. The lowest BCUT2D eigenvalue weighted by Crippen LogP contribution is -2.53. The predicted octanol–water partition coefficient (Wildman–Crippen LogP) is 1.25. The Kier molecular flexibility index (Phi) is 3.49. The van der Waals surface area contributed by atoms with Crippen LogP contribution in [-0.2, 0) is 4.79 Å². The average Bonchev–Trinajstić information content (AvgIpc) is 2.70. The normalized spacial score (nSPS) is 28.4. The first-order valence-corrected chi connectivity index (χ1v) is 7.09. The van der Waals surface area contributed by atoms with Gasteiger partial charge in [0, 0.05) is 13.1 Å². The van der Waals surface area contributed by atoms with E-state index in [-0.39, 0.29) is 28.8 Å². The van der Waals surface area contributed by atoms with Crippen LogP contribution in [-0.4, -0.2) is 31.1 Å². The number of carbonyl (C=O) groups excluding carboxylic acids is 2. The number of hydrogen-bond donors (Lipinski definition) is 3. The Morgan fingerprint density at radius 2 is 1.95 bits per heavy atom. The van der Waals surface area contributed by atoms with E-state index < -0.39 is 0 Å². The van der Waals surface area contributed by atoms with E-state index in [1.54, 1.807) is 0 Å². The maximum Gasteiger partial charge on any atom is 0.315 e. The van der Waals surface area contributed by atoms with Gasteiger partial charge >= 0.3 is 6.03 Å². The van der Waals surface area contributed by atoms with Crippen LogP contribution in [0.25, 0.3) is 0 Å². The molecule has 3 N–H and O–H groups in total. The molecule has 1 atom stereocenters. The summed E-state index contributed by atoms with van der Waals surface area (Å²) in [5.74, 6) is 0.416. The summed E-state index contributed by atoms with van der Waals surface area (Å²) >= 11 is 0. The molecule has 19 heavy (non-hydrogen) atoms. The van der Waals surface area contributed by atoms with Gasteiger partial charge in [-0.2, -0.15) is 0 Å². The molecule has 5 heteroatoms. The van der Waals surface area contributed by atoms with Crippen LogP contribution in [0.5, 0.6) is 0 Å². The fourth-order valence-electron chi connectivity index (χ4n) is 3.16. The van der Waals surface area contributed by atoms with Gasteiger partial charge in [0.15, 0.2) is 0 Å². The largest absolute Gasteiger partial charge is 0.354 e. The summed E-state index contributed by atoms with van der Waals surface area (Å²) < 4.78 is 0. The molecule has 1 saturated heterocycles. The maximum absolute atomic E-state index is 11.8. The highest BCUT2D eigenvalue weighted by atomic mass is 16.2. The molecule has 1 saturated carbocycles. The zero-order valence-corrected chi connectivity index (χ0v) is 12.3. The Hall–Kier alpha value is -1.26. The summed E-state index contributed by atoms with van der Waals surface area (Å²) in [5.41, 5.74) is 0.533. The molecule has 0 aromatic heterocycles. The number of carbonyl (C=O) groups is 2. The fourth-order valence-corrected chi connectivity index (χ4v) is 3.16. The van der Waals surface area contributed by atoms with Crippen molar-refractivity contribution in [2.45, 2.75) is 46.6 Å². The Labute approximate surface area is 114 Å². The standard InChI is InChI=1S/C14H25N3O2/c1-13(2)10(14(13,3)4)8-16-12(19)17-9-6-5-7-15-11(9)18/h9-10H,5-8H2,1-4H3,(H,15,18)(H2,16,17,19)/t9-/m0/s1. The molecule has 2 fully saturated rings. The summed E-state index contributed by atoms with van der Waals surface area (Å²) in [4.78, 5) is 23.3. The van der Waals surface area contributed by atoms with E-state index in [9.17, 15) is 9.59 Å². The second-order valence-electron chi connectivity index (χ2n) is 6.84. The molecule has 2 rings (SSSR count). The third-order valence-corrected chi connectivity index (χ3v) is 5.38. The lowest BCUT2D eigenvalue weighted by atomic mass is 10.0. The van der Waals surface area contributed by atoms with E-state index in [4.69, 9.17) is 0 Å². The van der Waals surface area contributed by atoms with Gasteiger partial charge in [0.25, 0.3) is 0 Å². The van der Waals surface area contributed by atoms with E-state index in [0.29, 0.717) is 19.0 Å². The molecule has 5 nitrogen and oxygen atoms in total. The molecule has 1 aliphatic carbocycles. The SMILES string of the molecule is CC1(C)C(CNC(=O)N[C@H]2CCCNC2=O)C1(C)C. The number of urea groups is 1. The van der Waals surface area contributed by atoms with Gasteiger partial charge in [-0.05, 0) is 29.6 Å². The highest BCUT2D eigenvalue weighted by Crippen LogP contribution is 2.67. The number of amides is 3. The second kappa shape index (κ2) is 4.69. The van der Waals surface area contributed by atoms with E-state index in [0.717, 1.165) is 12.8 Å². The molecule has 0 radical (unpaired) electrons. The lowest BCUT2D eigenvalue weighted by Gasteiger charge is -2.22. The molecule has 0 unspecified atom stereocenters. The van der Waals surface area contributed by atoms with Crippen LogP contribution < -0.4 is 16.0 Å². The third-order valence-electron chi connectivity index (χ3n) is 5.38. The molecular weight excluding hydrogens is 242 g/mol. The van der Waals surface area contributed by atoms with Crippen molar-refractivity contribution < 1.29 is 9.59 Å². The number of hydrogen-bond acceptors (Lipinski definition) is 2. The van der Waals surface area contributed by atoms with Crippen LogP contribution >= 0.6 is 0 Å². The van der Waals surface area contributed by atoms with Gasteiger partial charge in [-0.25, -0.2) is 4.79 Å². The molecule has 1 aliphatic heterocycles. The highest BCUT2D eigenvalue weighted by molar-refractivity contribution is 5.87. The van der Waals surface area contributed by atoms with E-state index >= 15 is 0 Å². The fraction of sp³-hybridized carbons (Fsp3) is 0.857. The van der Waals surface area contributed by atoms with Gasteiger partial charge in [0.05, 0.1) is 0 Å². The van der Waals surface area contributed by atoms with Crippen molar-refractivity contribution in [3.8, 4) is 0 Å². The van der Waals surface area contributed by atoms with Gasteiger partial charge < -0.3 is 16.0 Å². The number of rotatable bonds is 3. The number of nitrogens with one attached hydrogen (secondary N) is 3. The molecule has 0 bridgehead atoms. The summed E-state index contributed by atoms with van der Waals surface area (Å²) in [7, 11) is 0. The monoisotopic (exact) mass is 267 g/mol. The van der Waals surface area contributed by atoms with Crippen LogP contribution in [0.3, 0.4) is 0 Å². The smallest absolute Gasteiger partial charge is 0.315 e. The van der Waals surface area contributed by atoms with Crippen LogP contribution in [0.1, 0.15) is 40.5 Å². The van der Waals surface area contributed by atoms with Crippen LogP contribution in [0.4, 0.5) is 4.79 Å². The van der Waals surface area contributed by atoms with E-state index in [2.05, 4.69) is 43.6 Å². The van der Waals surface area contributed by atoms with Crippen LogP contribution in [0, 0.1) is 16.7 Å². The lowest BCUT2D eigenvalue weighted by molar-refractivity contribution is -0.124. The summed E-state index contributed by atoms with van der Waals surface area (Å²) in [6, 6.07) is -0.616. The predicted molar refractivity (Wildman–Crippen MR) is 73.6 cm³/mol. The molecular formula is C14H25N3O2. The quantitative estimate of drug-likeness (QED) is 0.720. The van der Waals surface area contributed by atoms with E-state index in [1.807, 2.05) is 0 Å². The zero-order valence-electron chi connectivity index (χ0n) is 12.3. The van der Waals surface area contributed by atoms with Crippen molar-refractivity contribution in [3.63, 3.8) is 0 Å². The van der Waals surface area contributed by atoms with Crippen molar-refractivity contribution >= 4 is 11.9 Å². The molecule has 108 valence electrons. The van der Waals surface area contributed by atoms with Crippen molar-refractivity contribution in [2.24, 2.45) is 16.7 Å². The summed E-state index contributed by atoms with van der Waals surface area (Å²) in [6.07, 6.45) is 1.64. The van der Waals surface area contributed by atoms with Crippen molar-refractivity contribution in [1.29, 1.82) is 0 Å². The van der Waals surface area contributed by atoms with Gasteiger partial charge in [-0.1, -0.05) is 27.7 Å². The van der Waals surface area contributed by atoms with E-state index in [1.165, 1.54) is 0 Å². The second-order valence-corrected chi connectivity index (χ2v) is 6.84. The zero-order chi connectivity index (χ0) is 14.3. The van der Waals surface area contributed by atoms with Gasteiger partial charge in [0.1, 0.15) is 6.04 Å². The van der Waals surface area contributed by atoms with Crippen LogP contribution in [0.15, 0.2) is 0 Å². The maximum atomic E-state index is 11.8. The van der Waals surface area contributed by atoms with Crippen molar-refractivity contribution in [2.75, 3.05) is 13.1 Å². The Balaban J connectivity index is 1.75. The first-order chi connectivity index (χ1) is 8.76. The Morgan fingerprint density at radius 1 is 1.32 bits per heavy atom. The topological polar surface area (TPSA) is 70.2 Å². The molecule has 0 aromatic carbocycles. The first kappa shape index (κ1) is 14.2. The molecule has 3 amide bonds. The van der Waals surface area contributed by atoms with Crippen molar-refractivity contribution in [1.82, 2.24) is 16.0 Å². The third kappa shape index (κ3) is 2.55. The molecule has 0 aromatic rings. The van der Waals surface area contributed by atoms with Gasteiger partial charge in [-0.3, -0.25) is 4.79 Å². The minimum Gasteiger partial charge on any atom is -0.354 e. The first-order valence-electron chi connectivity index (χ1n) is 7.09. The Morgan fingerprint density at radius 3 is 2.47 bits per heavy atom. The minimum atomic E-state index is -0.381. The molecule has 1 heterocycles. The Bertz CT molecular complexity index is 376. The summed E-state index contributed by atoms with van der Waals surface area (Å²) in [6.45, 7) is 10.3. The van der Waals surface area contributed by atoms with Gasteiger partial charge in [0.2, 0.25) is 5.91 Å². The molecule has 2 aliphatic rings. The molecule has 0 spiro atoms. The van der Waals surface area contributed by atoms with Crippen molar-refractivity contribution in [3.05, 3.63) is 0 Å². The van der Waals surface area contributed by atoms with Gasteiger partial charge in [-0.15, -0.1) is 0 Å². The summed E-state index contributed by atoms with van der Waals surface area (Å²) in [5, 5.41) is 8.40. The minimum absolute atomic E-state index is 0.0755. The van der Waals surface area contributed by atoms with Crippen LogP contribution in [0.2, 0.25) is 0 Å². The average molecular weight is 267 g/mol. The highest BCUT2D eigenvalue weighted by Gasteiger charge is 2.64.